The minimum Gasteiger partial charge on any atom is -0.465 e. The monoisotopic (exact) mass is 449 g/mol. The lowest BCUT2D eigenvalue weighted by Crippen LogP contribution is -2.48. The van der Waals surface area contributed by atoms with Crippen LogP contribution in [0.15, 0.2) is 18.3 Å². The molecule has 1 unspecified atom stereocenters. The fourth-order valence-electron chi connectivity index (χ4n) is 4.52. The van der Waals surface area contributed by atoms with E-state index in [9.17, 15) is 14.7 Å². The molecule has 3 aliphatic heterocycles. The Morgan fingerprint density at radius 3 is 2.61 bits per heavy atom. The van der Waals surface area contributed by atoms with Crippen LogP contribution in [0.5, 0.6) is 0 Å². The predicted molar refractivity (Wildman–Crippen MR) is 116 cm³/mol. The van der Waals surface area contributed by atoms with Gasteiger partial charge < -0.3 is 24.4 Å². The normalized spacial score (nSPS) is 28.0. The van der Waals surface area contributed by atoms with Gasteiger partial charge in [-0.05, 0) is 37.3 Å². The van der Waals surface area contributed by atoms with E-state index in [0.29, 0.717) is 35.9 Å². The van der Waals surface area contributed by atoms with E-state index in [4.69, 9.17) is 21.1 Å². The molecule has 1 aromatic heterocycles. The van der Waals surface area contributed by atoms with Crippen LogP contribution >= 0.6 is 11.6 Å². The van der Waals surface area contributed by atoms with Gasteiger partial charge in [0.25, 0.3) is 5.91 Å². The third-order valence-corrected chi connectivity index (χ3v) is 6.24. The molecule has 3 atom stereocenters. The first-order valence-corrected chi connectivity index (χ1v) is 10.8. The summed E-state index contributed by atoms with van der Waals surface area (Å²) in [7, 11) is 0. The topological polar surface area (TPSA) is 92.2 Å². The minimum absolute atomic E-state index is 0.164. The van der Waals surface area contributed by atoms with Gasteiger partial charge in [-0.15, -0.1) is 0 Å². The molecular formula is C22H28ClN3O5. The Morgan fingerprint density at radius 2 is 2.03 bits per heavy atom. The van der Waals surface area contributed by atoms with Crippen LogP contribution in [-0.4, -0.2) is 64.1 Å². The molecule has 2 saturated heterocycles. The first-order chi connectivity index (χ1) is 14.4. The summed E-state index contributed by atoms with van der Waals surface area (Å²) in [5.41, 5.74) is 1.84. The summed E-state index contributed by atoms with van der Waals surface area (Å²) in [6.45, 7) is 10.4. The highest BCUT2D eigenvalue weighted by Crippen LogP contribution is 2.39. The van der Waals surface area contributed by atoms with Crippen LogP contribution in [-0.2, 0) is 14.3 Å². The largest absolute Gasteiger partial charge is 0.465 e. The Morgan fingerprint density at radius 1 is 1.32 bits per heavy atom. The first kappa shape index (κ1) is 22.0. The second-order valence-electron chi connectivity index (χ2n) is 9.80. The molecule has 0 radical (unpaired) electrons. The SMILES string of the molecule is CC1(C)O[C@@H]2CN(c3cnc(C4=CC(C(C)(C)C)N(C(=O)O)CC4)c(Cl)c3)C(=O)[C@@H]2O1. The molecular weight excluding hydrogens is 422 g/mol. The van der Waals surface area contributed by atoms with Crippen molar-refractivity contribution in [3.63, 3.8) is 0 Å². The molecule has 3 aliphatic rings. The van der Waals surface area contributed by atoms with E-state index in [-0.39, 0.29) is 23.5 Å². The van der Waals surface area contributed by atoms with E-state index in [1.165, 1.54) is 4.90 Å². The summed E-state index contributed by atoms with van der Waals surface area (Å²) >= 11 is 6.58. The van der Waals surface area contributed by atoms with E-state index in [0.717, 1.165) is 5.57 Å². The van der Waals surface area contributed by atoms with Crippen molar-refractivity contribution in [1.82, 2.24) is 9.88 Å². The maximum Gasteiger partial charge on any atom is 0.407 e. The van der Waals surface area contributed by atoms with E-state index in [1.54, 1.807) is 31.0 Å². The standard InChI is InChI=1S/C22H28ClN3O5/c1-21(2,3)16-8-12(6-7-25(16)20(28)29)17-14(23)9-13(10-24-17)26-11-15-18(19(26)27)31-22(4,5)30-15/h8-10,15-16,18H,6-7,11H2,1-5H3,(H,28,29)/t15-,16?,18-/m1/s1. The van der Waals surface area contributed by atoms with Crippen LogP contribution in [0.25, 0.3) is 5.57 Å². The lowest BCUT2D eigenvalue weighted by Gasteiger charge is -2.40. The summed E-state index contributed by atoms with van der Waals surface area (Å²) in [6.07, 6.45) is 2.22. The average molecular weight is 450 g/mol. The van der Waals surface area contributed by atoms with Crippen molar-refractivity contribution < 1.29 is 24.2 Å². The Bertz CT molecular complexity index is 955. The lowest BCUT2D eigenvalue weighted by molar-refractivity contribution is -0.157. The summed E-state index contributed by atoms with van der Waals surface area (Å²) in [6, 6.07) is 1.44. The van der Waals surface area contributed by atoms with Crippen LogP contribution in [0.2, 0.25) is 5.02 Å². The maximum absolute atomic E-state index is 12.8. The Kier molecular flexibility index (Phi) is 5.31. The number of nitrogens with zero attached hydrogens (tertiary/aromatic N) is 3. The molecule has 1 aromatic rings. The number of hydrogen-bond acceptors (Lipinski definition) is 5. The summed E-state index contributed by atoms with van der Waals surface area (Å²) in [5.74, 6) is -0.930. The second kappa shape index (κ2) is 7.46. The van der Waals surface area contributed by atoms with Crippen LogP contribution in [0.4, 0.5) is 10.5 Å². The second-order valence-corrected chi connectivity index (χ2v) is 10.2. The Hall–Kier alpha value is -2.16. The van der Waals surface area contributed by atoms with Crippen molar-refractivity contribution in [2.45, 2.75) is 65.1 Å². The molecule has 0 spiro atoms. The summed E-state index contributed by atoms with van der Waals surface area (Å²) in [5, 5.41) is 9.99. The number of carbonyl (C=O) groups excluding carboxylic acids is 1. The van der Waals surface area contributed by atoms with Crippen LogP contribution < -0.4 is 4.90 Å². The van der Waals surface area contributed by atoms with E-state index >= 15 is 0 Å². The molecule has 9 heteroatoms. The lowest BCUT2D eigenvalue weighted by atomic mass is 9.82. The van der Waals surface area contributed by atoms with Gasteiger partial charge in [-0.3, -0.25) is 9.78 Å². The zero-order valence-corrected chi connectivity index (χ0v) is 19.1. The molecule has 168 valence electrons. The van der Waals surface area contributed by atoms with Gasteiger partial charge >= 0.3 is 6.09 Å². The molecule has 4 rings (SSSR count). The van der Waals surface area contributed by atoms with Gasteiger partial charge in [-0.25, -0.2) is 4.79 Å². The van der Waals surface area contributed by atoms with Crippen molar-refractivity contribution >= 4 is 34.9 Å². The number of halogens is 1. The van der Waals surface area contributed by atoms with Crippen molar-refractivity contribution in [2.75, 3.05) is 18.0 Å². The quantitative estimate of drug-likeness (QED) is 0.738. The number of hydrogen-bond donors (Lipinski definition) is 1. The molecule has 1 N–H and O–H groups in total. The van der Waals surface area contributed by atoms with Crippen molar-refractivity contribution in [2.24, 2.45) is 5.41 Å². The van der Waals surface area contributed by atoms with Gasteiger partial charge in [0.15, 0.2) is 11.9 Å². The minimum atomic E-state index is -0.935. The van der Waals surface area contributed by atoms with Gasteiger partial charge in [0.2, 0.25) is 0 Å². The summed E-state index contributed by atoms with van der Waals surface area (Å²) < 4.78 is 11.5. The molecule has 0 saturated carbocycles. The van der Waals surface area contributed by atoms with Crippen molar-refractivity contribution in [3.05, 3.63) is 29.1 Å². The Labute approximate surface area is 186 Å². The molecule has 8 nitrogen and oxygen atoms in total. The van der Waals surface area contributed by atoms with Crippen molar-refractivity contribution in [1.29, 1.82) is 0 Å². The number of aromatic nitrogens is 1. The molecule has 0 aliphatic carbocycles. The van der Waals surface area contributed by atoms with Crippen LogP contribution in [0.3, 0.4) is 0 Å². The van der Waals surface area contributed by atoms with Crippen LogP contribution in [0, 0.1) is 5.41 Å². The summed E-state index contributed by atoms with van der Waals surface area (Å²) in [4.78, 5) is 32.1. The molecule has 2 amide bonds. The highest BCUT2D eigenvalue weighted by Gasteiger charge is 2.52. The van der Waals surface area contributed by atoms with Gasteiger partial charge in [0.05, 0.1) is 35.2 Å². The zero-order valence-electron chi connectivity index (χ0n) is 18.4. The number of anilines is 1. The first-order valence-electron chi connectivity index (χ1n) is 10.4. The van der Waals surface area contributed by atoms with E-state index in [2.05, 4.69) is 4.98 Å². The molecule has 0 aromatic carbocycles. The molecule has 2 fully saturated rings. The fourth-order valence-corrected chi connectivity index (χ4v) is 4.80. The number of carboxylic acid groups (broad SMARTS) is 1. The number of carbonyl (C=O) groups is 2. The number of fused-ring (bicyclic) bond motifs is 1. The highest BCUT2D eigenvalue weighted by molar-refractivity contribution is 6.32. The fraction of sp³-hybridized carbons (Fsp3) is 0.591. The molecule has 31 heavy (non-hydrogen) atoms. The van der Waals surface area contributed by atoms with E-state index in [1.807, 2.05) is 26.8 Å². The molecule has 4 heterocycles. The third kappa shape index (κ3) is 4.04. The van der Waals surface area contributed by atoms with Crippen molar-refractivity contribution in [3.8, 4) is 0 Å². The number of rotatable bonds is 2. The van der Waals surface area contributed by atoms with Gasteiger partial charge in [0.1, 0.15) is 6.10 Å². The zero-order chi connectivity index (χ0) is 22.7. The third-order valence-electron chi connectivity index (χ3n) is 5.95. The highest BCUT2D eigenvalue weighted by atomic mass is 35.5. The van der Waals surface area contributed by atoms with Gasteiger partial charge in [0, 0.05) is 6.54 Å². The van der Waals surface area contributed by atoms with Gasteiger partial charge in [-0.1, -0.05) is 38.4 Å². The predicted octanol–water partition coefficient (Wildman–Crippen LogP) is 3.78. The average Bonchev–Trinajstić information content (AvgIpc) is 3.13. The van der Waals surface area contributed by atoms with Gasteiger partial charge in [-0.2, -0.15) is 0 Å². The van der Waals surface area contributed by atoms with E-state index < -0.39 is 18.0 Å². The number of ether oxygens (including phenoxy) is 2. The maximum atomic E-state index is 12.8. The smallest absolute Gasteiger partial charge is 0.407 e. The molecule has 0 bridgehead atoms. The number of amides is 2. The number of pyridine rings is 1. The van der Waals surface area contributed by atoms with Crippen LogP contribution in [0.1, 0.15) is 46.7 Å². The Balaban J connectivity index is 1.59.